The smallest absolute Gasteiger partial charge is 0.233 e. The van der Waals surface area contributed by atoms with Gasteiger partial charge >= 0.3 is 0 Å². The number of rotatable bonds is 5. The molecule has 2 aliphatic rings. The van der Waals surface area contributed by atoms with E-state index in [2.05, 4.69) is 0 Å². The molecule has 4 nitrogen and oxygen atoms in total. The van der Waals surface area contributed by atoms with Crippen LogP contribution in [0.4, 0.5) is 0 Å². The molecular weight excluding hydrogens is 278 g/mol. The molecule has 0 aromatic heterocycles. The van der Waals surface area contributed by atoms with Gasteiger partial charge in [-0.2, -0.15) is 0 Å². The zero-order valence-electron chi connectivity index (χ0n) is 13.3. The average Bonchev–Trinajstić information content (AvgIpc) is 3.37. The van der Waals surface area contributed by atoms with Crippen LogP contribution in [0.25, 0.3) is 0 Å². The number of nitrogens with zero attached hydrogens (tertiary/aromatic N) is 1. The molecule has 0 spiro atoms. The Balaban J connectivity index is 1.87. The van der Waals surface area contributed by atoms with E-state index in [1.807, 2.05) is 29.2 Å². The van der Waals surface area contributed by atoms with Crippen LogP contribution in [-0.2, 0) is 10.2 Å². The lowest BCUT2D eigenvalue weighted by molar-refractivity contribution is -0.138. The van der Waals surface area contributed by atoms with Crippen LogP contribution in [-0.4, -0.2) is 42.2 Å². The van der Waals surface area contributed by atoms with E-state index in [-0.39, 0.29) is 18.6 Å². The Bertz CT molecular complexity index is 537. The van der Waals surface area contributed by atoms with Crippen LogP contribution in [0.3, 0.4) is 0 Å². The molecule has 4 heteroatoms. The van der Waals surface area contributed by atoms with Crippen molar-refractivity contribution >= 4 is 5.91 Å². The monoisotopic (exact) mass is 303 g/mol. The number of amides is 1. The highest BCUT2D eigenvalue weighted by molar-refractivity contribution is 5.92. The van der Waals surface area contributed by atoms with E-state index < -0.39 is 5.41 Å². The molecule has 1 saturated heterocycles. The summed E-state index contributed by atoms with van der Waals surface area (Å²) in [6.45, 7) is 0.969. The molecule has 1 heterocycles. The summed E-state index contributed by atoms with van der Waals surface area (Å²) in [5.74, 6) is 1.04. The van der Waals surface area contributed by atoms with Crippen LogP contribution in [0.5, 0.6) is 5.75 Å². The topological polar surface area (TPSA) is 49.8 Å². The highest BCUT2D eigenvalue weighted by Crippen LogP contribution is 2.53. The van der Waals surface area contributed by atoms with Crippen molar-refractivity contribution in [1.29, 1.82) is 0 Å². The molecule has 1 aliphatic carbocycles. The highest BCUT2D eigenvalue weighted by Gasteiger charge is 2.55. The molecule has 1 unspecified atom stereocenters. The third-order valence-electron chi connectivity index (χ3n) is 5.13. The number of hydrogen-bond donors (Lipinski definition) is 1. The number of ether oxygens (including phenoxy) is 1. The Kier molecular flexibility index (Phi) is 4.39. The molecule has 22 heavy (non-hydrogen) atoms. The van der Waals surface area contributed by atoms with Gasteiger partial charge in [-0.05, 0) is 44.6 Å². The minimum absolute atomic E-state index is 0.149. The first-order valence-corrected chi connectivity index (χ1v) is 8.28. The van der Waals surface area contributed by atoms with Crippen molar-refractivity contribution in [1.82, 2.24) is 4.90 Å². The van der Waals surface area contributed by atoms with Crippen molar-refractivity contribution in [2.45, 2.75) is 50.0 Å². The van der Waals surface area contributed by atoms with E-state index in [1.165, 1.54) is 0 Å². The Labute approximate surface area is 132 Å². The molecule has 1 aromatic carbocycles. The number of benzene rings is 1. The van der Waals surface area contributed by atoms with Gasteiger partial charge in [0, 0.05) is 24.8 Å². The number of aliphatic hydroxyl groups excluding tert-OH is 1. The van der Waals surface area contributed by atoms with Crippen LogP contribution in [0.2, 0.25) is 0 Å². The lowest BCUT2D eigenvalue weighted by atomic mass is 9.90. The van der Waals surface area contributed by atoms with Crippen molar-refractivity contribution in [3.05, 3.63) is 29.8 Å². The largest absolute Gasteiger partial charge is 0.496 e. The van der Waals surface area contributed by atoms with Gasteiger partial charge in [-0.1, -0.05) is 18.2 Å². The predicted octanol–water partition coefficient (Wildman–Crippen LogP) is 2.49. The minimum Gasteiger partial charge on any atom is -0.496 e. The van der Waals surface area contributed by atoms with E-state index in [9.17, 15) is 9.90 Å². The Hall–Kier alpha value is -1.55. The molecule has 120 valence electrons. The van der Waals surface area contributed by atoms with E-state index in [0.717, 1.165) is 50.0 Å². The summed E-state index contributed by atoms with van der Waals surface area (Å²) in [5, 5.41) is 9.28. The molecule has 0 bridgehead atoms. The molecule has 1 N–H and O–H groups in total. The molecule has 2 fully saturated rings. The Morgan fingerprint density at radius 2 is 2.14 bits per heavy atom. The van der Waals surface area contributed by atoms with Crippen molar-refractivity contribution in [2.75, 3.05) is 20.3 Å². The molecule has 3 rings (SSSR count). The number of likely N-dealkylation sites (tertiary alicyclic amines) is 1. The standard InChI is InChI=1S/C18H25NO3/c1-22-16-8-3-2-7-15(16)18(10-11-18)17(21)19-12-5-4-6-14(19)9-13-20/h2-3,7-8,14,20H,4-6,9-13H2,1H3. The Morgan fingerprint density at radius 3 is 2.82 bits per heavy atom. The predicted molar refractivity (Wildman–Crippen MR) is 85.0 cm³/mol. The summed E-state index contributed by atoms with van der Waals surface area (Å²) < 4.78 is 5.47. The van der Waals surface area contributed by atoms with E-state index in [4.69, 9.17) is 4.74 Å². The van der Waals surface area contributed by atoms with Crippen molar-refractivity contribution in [3.63, 3.8) is 0 Å². The quantitative estimate of drug-likeness (QED) is 0.909. The summed E-state index contributed by atoms with van der Waals surface area (Å²) in [4.78, 5) is 15.3. The van der Waals surface area contributed by atoms with Crippen molar-refractivity contribution in [2.24, 2.45) is 0 Å². The second-order valence-corrected chi connectivity index (χ2v) is 6.44. The van der Waals surface area contributed by atoms with Gasteiger partial charge in [0.2, 0.25) is 5.91 Å². The van der Waals surface area contributed by atoms with Crippen LogP contribution in [0.1, 0.15) is 44.1 Å². The summed E-state index contributed by atoms with van der Waals surface area (Å²) in [5.41, 5.74) is 0.633. The van der Waals surface area contributed by atoms with Gasteiger partial charge in [-0.15, -0.1) is 0 Å². The summed E-state index contributed by atoms with van der Waals surface area (Å²) >= 11 is 0. The second kappa shape index (κ2) is 6.29. The summed E-state index contributed by atoms with van der Waals surface area (Å²) in [6, 6.07) is 8.07. The molecule has 1 saturated carbocycles. The first-order valence-electron chi connectivity index (χ1n) is 8.28. The maximum atomic E-state index is 13.2. The van der Waals surface area contributed by atoms with Crippen LogP contribution in [0, 0.1) is 0 Å². The number of methoxy groups -OCH3 is 1. The average molecular weight is 303 g/mol. The molecule has 1 amide bonds. The number of para-hydroxylation sites is 1. The zero-order valence-corrected chi connectivity index (χ0v) is 13.3. The fourth-order valence-electron chi connectivity index (χ4n) is 3.76. The minimum atomic E-state index is -0.391. The van der Waals surface area contributed by atoms with Crippen molar-refractivity contribution in [3.8, 4) is 5.75 Å². The SMILES string of the molecule is COc1ccccc1C1(C(=O)N2CCCCC2CCO)CC1. The number of piperidine rings is 1. The molecule has 1 atom stereocenters. The first-order chi connectivity index (χ1) is 10.7. The third kappa shape index (κ3) is 2.60. The van der Waals surface area contributed by atoms with Gasteiger partial charge in [0.15, 0.2) is 0 Å². The molecule has 1 aromatic rings. The third-order valence-corrected chi connectivity index (χ3v) is 5.13. The number of carbonyl (C=O) groups is 1. The van der Waals surface area contributed by atoms with Gasteiger partial charge in [0.05, 0.1) is 12.5 Å². The second-order valence-electron chi connectivity index (χ2n) is 6.44. The Morgan fingerprint density at radius 1 is 1.36 bits per heavy atom. The van der Waals surface area contributed by atoms with E-state index in [1.54, 1.807) is 7.11 Å². The number of aliphatic hydroxyl groups is 1. The van der Waals surface area contributed by atoms with Crippen molar-refractivity contribution < 1.29 is 14.6 Å². The van der Waals surface area contributed by atoms with Gasteiger partial charge in [-0.3, -0.25) is 4.79 Å². The van der Waals surface area contributed by atoms with Gasteiger partial charge in [0.25, 0.3) is 0 Å². The molecule has 0 radical (unpaired) electrons. The summed E-state index contributed by atoms with van der Waals surface area (Å²) in [7, 11) is 1.66. The van der Waals surface area contributed by atoms with E-state index in [0.29, 0.717) is 6.42 Å². The number of hydrogen-bond acceptors (Lipinski definition) is 3. The van der Waals surface area contributed by atoms with Gasteiger partial charge in [0.1, 0.15) is 5.75 Å². The maximum absolute atomic E-state index is 13.2. The normalized spacial score (nSPS) is 23.2. The van der Waals surface area contributed by atoms with Gasteiger partial charge in [-0.25, -0.2) is 0 Å². The molecule has 1 aliphatic heterocycles. The number of carbonyl (C=O) groups excluding carboxylic acids is 1. The first kappa shape index (κ1) is 15.3. The zero-order chi connectivity index (χ0) is 15.6. The van der Waals surface area contributed by atoms with E-state index >= 15 is 0 Å². The lowest BCUT2D eigenvalue weighted by Crippen LogP contribution is -2.48. The maximum Gasteiger partial charge on any atom is 0.233 e. The fraction of sp³-hybridized carbons (Fsp3) is 0.611. The van der Waals surface area contributed by atoms with Crippen LogP contribution < -0.4 is 4.74 Å². The molecular formula is C18H25NO3. The highest BCUT2D eigenvalue weighted by atomic mass is 16.5. The van der Waals surface area contributed by atoms with Gasteiger partial charge < -0.3 is 14.7 Å². The lowest BCUT2D eigenvalue weighted by Gasteiger charge is -2.38. The fourth-order valence-corrected chi connectivity index (χ4v) is 3.76. The summed E-state index contributed by atoms with van der Waals surface area (Å²) in [6.07, 6.45) is 5.71. The van der Waals surface area contributed by atoms with Crippen LogP contribution >= 0.6 is 0 Å². The van der Waals surface area contributed by atoms with Crippen LogP contribution in [0.15, 0.2) is 24.3 Å².